The van der Waals surface area contributed by atoms with E-state index in [1.54, 1.807) is 47.6 Å². The first-order chi connectivity index (χ1) is 13.6. The molecule has 1 atom stereocenters. The van der Waals surface area contributed by atoms with Crippen LogP contribution in [0.5, 0.6) is 0 Å². The van der Waals surface area contributed by atoms with Gasteiger partial charge >= 0.3 is 0 Å². The number of piperidine rings is 1. The van der Waals surface area contributed by atoms with Gasteiger partial charge in [-0.05, 0) is 57.0 Å². The Bertz CT molecular complexity index is 790. The molecule has 7 heteroatoms. The minimum Gasteiger partial charge on any atom is -0.340 e. The minimum absolute atomic E-state index is 0.00802. The summed E-state index contributed by atoms with van der Waals surface area (Å²) in [6.45, 7) is 6.74. The number of rotatable bonds is 6. The van der Waals surface area contributed by atoms with Gasteiger partial charge in [-0.3, -0.25) is 9.59 Å². The van der Waals surface area contributed by atoms with Crippen molar-refractivity contribution in [3.8, 4) is 0 Å². The molecule has 2 heterocycles. The van der Waals surface area contributed by atoms with Crippen LogP contribution in [0.15, 0.2) is 42.7 Å². The number of hydrogen-bond donors (Lipinski definition) is 1. The van der Waals surface area contributed by atoms with Gasteiger partial charge in [0.25, 0.3) is 5.91 Å². The Kier molecular flexibility index (Phi) is 6.57. The number of benzene rings is 1. The topological polar surface area (TPSA) is 78.4 Å². The van der Waals surface area contributed by atoms with E-state index in [1.807, 2.05) is 13.8 Å². The van der Waals surface area contributed by atoms with Crippen molar-refractivity contribution in [2.45, 2.75) is 26.7 Å². The van der Waals surface area contributed by atoms with Crippen molar-refractivity contribution in [3.63, 3.8) is 0 Å². The van der Waals surface area contributed by atoms with E-state index in [4.69, 9.17) is 0 Å². The van der Waals surface area contributed by atoms with E-state index in [1.165, 1.54) is 0 Å². The zero-order valence-electron chi connectivity index (χ0n) is 16.5. The highest BCUT2D eigenvalue weighted by Crippen LogP contribution is 2.22. The first-order valence-electron chi connectivity index (χ1n) is 9.84. The Hall–Kier alpha value is -2.96. The van der Waals surface area contributed by atoms with Crippen LogP contribution in [0.1, 0.15) is 37.0 Å². The van der Waals surface area contributed by atoms with Crippen LogP contribution in [0.3, 0.4) is 0 Å². The Balaban J connectivity index is 1.60. The normalized spacial score (nSPS) is 16.5. The molecule has 28 heavy (non-hydrogen) atoms. The molecule has 0 aliphatic carbocycles. The average Bonchev–Trinajstić information content (AvgIpc) is 2.75. The van der Waals surface area contributed by atoms with E-state index in [0.717, 1.165) is 19.4 Å². The molecule has 2 aromatic rings. The Morgan fingerprint density at radius 1 is 1.14 bits per heavy atom. The van der Waals surface area contributed by atoms with Crippen LogP contribution in [0, 0.1) is 5.92 Å². The summed E-state index contributed by atoms with van der Waals surface area (Å²) < 4.78 is 0. The number of anilines is 2. The molecule has 2 amide bonds. The molecular weight excluding hydrogens is 354 g/mol. The van der Waals surface area contributed by atoms with Gasteiger partial charge in [0, 0.05) is 49.8 Å². The number of nitrogens with zero attached hydrogens (tertiary/aromatic N) is 4. The molecule has 1 saturated heterocycles. The fourth-order valence-corrected chi connectivity index (χ4v) is 3.46. The van der Waals surface area contributed by atoms with Gasteiger partial charge in [-0.1, -0.05) is 0 Å². The van der Waals surface area contributed by atoms with Crippen LogP contribution in [0.2, 0.25) is 0 Å². The highest BCUT2D eigenvalue weighted by atomic mass is 16.2. The Morgan fingerprint density at radius 3 is 2.46 bits per heavy atom. The highest BCUT2D eigenvalue weighted by Gasteiger charge is 2.27. The monoisotopic (exact) mass is 381 g/mol. The molecule has 1 aromatic carbocycles. The van der Waals surface area contributed by atoms with Crippen molar-refractivity contribution >= 4 is 23.5 Å². The van der Waals surface area contributed by atoms with Crippen LogP contribution >= 0.6 is 0 Å². The van der Waals surface area contributed by atoms with E-state index >= 15 is 0 Å². The van der Waals surface area contributed by atoms with Crippen LogP contribution in [0.4, 0.5) is 11.6 Å². The molecule has 0 saturated carbocycles. The molecule has 0 bridgehead atoms. The lowest BCUT2D eigenvalue weighted by molar-refractivity contribution is -0.120. The SMILES string of the molecule is CCN(CC)C(=O)c1ccc(NC(=O)C2CCCN(c3ncccn3)C2)cc1. The third kappa shape index (κ3) is 4.65. The van der Waals surface area contributed by atoms with Gasteiger partial charge in [0.2, 0.25) is 11.9 Å². The second-order valence-corrected chi connectivity index (χ2v) is 6.88. The number of carbonyl (C=O) groups is 2. The second-order valence-electron chi connectivity index (χ2n) is 6.88. The zero-order chi connectivity index (χ0) is 19.9. The summed E-state index contributed by atoms with van der Waals surface area (Å²) in [4.78, 5) is 37.5. The lowest BCUT2D eigenvalue weighted by Crippen LogP contribution is -2.41. The molecule has 148 valence electrons. The predicted octanol–water partition coefficient (Wildman–Crippen LogP) is 2.81. The first kappa shape index (κ1) is 19.8. The molecule has 1 N–H and O–H groups in total. The quantitative estimate of drug-likeness (QED) is 0.832. The summed E-state index contributed by atoms with van der Waals surface area (Å²) in [6, 6.07) is 8.89. The largest absolute Gasteiger partial charge is 0.340 e. The third-order valence-corrected chi connectivity index (χ3v) is 5.08. The maximum atomic E-state index is 12.7. The second kappa shape index (κ2) is 9.30. The fraction of sp³-hybridized carbons (Fsp3) is 0.429. The molecule has 1 aliphatic heterocycles. The van der Waals surface area contributed by atoms with Crippen LogP contribution in [0.25, 0.3) is 0 Å². The molecule has 0 radical (unpaired) electrons. The first-order valence-corrected chi connectivity index (χ1v) is 9.84. The van der Waals surface area contributed by atoms with Gasteiger partial charge in [-0.25, -0.2) is 9.97 Å². The maximum Gasteiger partial charge on any atom is 0.253 e. The smallest absolute Gasteiger partial charge is 0.253 e. The number of aromatic nitrogens is 2. The van der Waals surface area contributed by atoms with Crippen LogP contribution < -0.4 is 10.2 Å². The molecule has 0 spiro atoms. The van der Waals surface area contributed by atoms with E-state index in [0.29, 0.717) is 36.8 Å². The number of nitrogens with one attached hydrogen (secondary N) is 1. The van der Waals surface area contributed by atoms with Crippen molar-refractivity contribution in [2.75, 3.05) is 36.4 Å². The van der Waals surface area contributed by atoms with E-state index < -0.39 is 0 Å². The lowest BCUT2D eigenvalue weighted by Gasteiger charge is -2.31. The van der Waals surface area contributed by atoms with Gasteiger partial charge in [0.15, 0.2) is 0 Å². The van der Waals surface area contributed by atoms with Crippen molar-refractivity contribution in [3.05, 3.63) is 48.3 Å². The molecule has 1 aromatic heterocycles. The summed E-state index contributed by atoms with van der Waals surface area (Å²) >= 11 is 0. The molecular formula is C21H27N5O2. The van der Waals surface area contributed by atoms with Gasteiger partial charge < -0.3 is 15.1 Å². The molecule has 7 nitrogen and oxygen atoms in total. The third-order valence-electron chi connectivity index (χ3n) is 5.08. The standard InChI is InChI=1S/C21H27N5O2/c1-3-25(4-2)20(28)16-8-10-18(11-9-16)24-19(27)17-7-5-14-26(15-17)21-22-12-6-13-23-21/h6,8-13,17H,3-5,7,14-15H2,1-2H3,(H,24,27). The van der Waals surface area contributed by atoms with Crippen molar-refractivity contribution < 1.29 is 9.59 Å². The summed E-state index contributed by atoms with van der Waals surface area (Å²) in [6.07, 6.45) is 5.20. The Labute approximate surface area is 165 Å². The van der Waals surface area contributed by atoms with Gasteiger partial charge in [0.1, 0.15) is 0 Å². The summed E-state index contributed by atoms with van der Waals surface area (Å²) in [7, 11) is 0. The summed E-state index contributed by atoms with van der Waals surface area (Å²) in [5.74, 6) is 0.547. The molecule has 1 aliphatic rings. The summed E-state index contributed by atoms with van der Waals surface area (Å²) in [5, 5.41) is 2.98. The summed E-state index contributed by atoms with van der Waals surface area (Å²) in [5.41, 5.74) is 1.33. The maximum absolute atomic E-state index is 12.7. The zero-order valence-corrected chi connectivity index (χ0v) is 16.5. The molecule has 1 unspecified atom stereocenters. The average molecular weight is 381 g/mol. The van der Waals surface area contributed by atoms with Gasteiger partial charge in [0.05, 0.1) is 5.92 Å². The predicted molar refractivity (Wildman–Crippen MR) is 109 cm³/mol. The number of amides is 2. The van der Waals surface area contributed by atoms with E-state index in [-0.39, 0.29) is 17.7 Å². The van der Waals surface area contributed by atoms with Gasteiger partial charge in [-0.2, -0.15) is 0 Å². The van der Waals surface area contributed by atoms with Crippen molar-refractivity contribution in [1.82, 2.24) is 14.9 Å². The van der Waals surface area contributed by atoms with E-state index in [9.17, 15) is 9.59 Å². The lowest BCUT2D eigenvalue weighted by atomic mass is 9.97. The number of hydrogen-bond acceptors (Lipinski definition) is 5. The van der Waals surface area contributed by atoms with Crippen LogP contribution in [-0.2, 0) is 4.79 Å². The fourth-order valence-electron chi connectivity index (χ4n) is 3.46. The van der Waals surface area contributed by atoms with Gasteiger partial charge in [-0.15, -0.1) is 0 Å². The molecule has 3 rings (SSSR count). The molecule has 1 fully saturated rings. The van der Waals surface area contributed by atoms with E-state index in [2.05, 4.69) is 20.2 Å². The minimum atomic E-state index is -0.116. The number of carbonyl (C=O) groups excluding carboxylic acids is 2. The van der Waals surface area contributed by atoms with Crippen molar-refractivity contribution in [1.29, 1.82) is 0 Å². The highest BCUT2D eigenvalue weighted by molar-refractivity contribution is 5.96. The van der Waals surface area contributed by atoms with Crippen molar-refractivity contribution in [2.24, 2.45) is 5.92 Å². The van der Waals surface area contributed by atoms with Crippen LogP contribution in [-0.4, -0.2) is 52.9 Å². The Morgan fingerprint density at radius 2 is 1.82 bits per heavy atom.